The van der Waals surface area contributed by atoms with Crippen molar-refractivity contribution >= 4 is 24.0 Å². The highest BCUT2D eigenvalue weighted by Gasteiger charge is 2.45. The van der Waals surface area contributed by atoms with E-state index in [2.05, 4.69) is 19.2 Å². The highest BCUT2D eigenvalue weighted by Crippen LogP contribution is 2.33. The Morgan fingerprint density at radius 1 is 1.45 bits per heavy atom. The first-order chi connectivity index (χ1) is 8.99. The SMILES string of the molecule is CC(C)CCOc1cccc(NC(=O)C2(N)CC2)c1.Cl. The summed E-state index contributed by atoms with van der Waals surface area (Å²) in [7, 11) is 0. The molecule has 3 N–H and O–H groups in total. The molecular weight excluding hydrogens is 276 g/mol. The molecule has 1 fully saturated rings. The lowest BCUT2D eigenvalue weighted by Crippen LogP contribution is -2.37. The number of ether oxygens (including phenoxy) is 1. The summed E-state index contributed by atoms with van der Waals surface area (Å²) in [5.74, 6) is 1.29. The van der Waals surface area contributed by atoms with Crippen molar-refractivity contribution in [1.29, 1.82) is 0 Å². The van der Waals surface area contributed by atoms with Crippen LogP contribution >= 0.6 is 12.4 Å². The Bertz CT molecular complexity index is 459. The predicted molar refractivity (Wildman–Crippen MR) is 83.4 cm³/mol. The zero-order valence-corrected chi connectivity index (χ0v) is 12.8. The van der Waals surface area contributed by atoms with Crippen LogP contribution in [0.1, 0.15) is 33.1 Å². The van der Waals surface area contributed by atoms with E-state index >= 15 is 0 Å². The van der Waals surface area contributed by atoms with Crippen LogP contribution in [-0.2, 0) is 4.79 Å². The van der Waals surface area contributed by atoms with Gasteiger partial charge in [-0.1, -0.05) is 19.9 Å². The van der Waals surface area contributed by atoms with Crippen LogP contribution in [0.4, 0.5) is 5.69 Å². The van der Waals surface area contributed by atoms with Crippen LogP contribution in [-0.4, -0.2) is 18.1 Å². The van der Waals surface area contributed by atoms with Gasteiger partial charge >= 0.3 is 0 Å². The summed E-state index contributed by atoms with van der Waals surface area (Å²) in [5.41, 5.74) is 5.94. The minimum absolute atomic E-state index is 0. The van der Waals surface area contributed by atoms with Gasteiger partial charge in [0.2, 0.25) is 5.91 Å². The molecule has 1 amide bonds. The first-order valence-corrected chi connectivity index (χ1v) is 6.83. The standard InChI is InChI=1S/C15H22N2O2.ClH/c1-11(2)6-9-19-13-5-3-4-12(10-13)17-14(18)15(16)7-8-15;/h3-5,10-11H,6-9,16H2,1-2H3,(H,17,18);1H. The number of hydrogen-bond acceptors (Lipinski definition) is 3. The van der Waals surface area contributed by atoms with Gasteiger partial charge in [0.15, 0.2) is 0 Å². The van der Waals surface area contributed by atoms with Gasteiger partial charge in [-0.05, 0) is 37.3 Å². The molecule has 0 atom stereocenters. The second kappa shape index (κ2) is 6.95. The summed E-state index contributed by atoms with van der Waals surface area (Å²) in [6, 6.07) is 7.45. The fourth-order valence-electron chi connectivity index (χ4n) is 1.69. The second-order valence-electron chi connectivity index (χ2n) is 5.67. The molecule has 0 saturated heterocycles. The monoisotopic (exact) mass is 298 g/mol. The second-order valence-corrected chi connectivity index (χ2v) is 5.67. The van der Waals surface area contributed by atoms with Gasteiger partial charge in [0.05, 0.1) is 12.1 Å². The van der Waals surface area contributed by atoms with Crippen LogP contribution in [0.3, 0.4) is 0 Å². The number of nitrogens with one attached hydrogen (secondary N) is 1. The van der Waals surface area contributed by atoms with Gasteiger partial charge in [-0.3, -0.25) is 4.79 Å². The maximum atomic E-state index is 11.8. The molecule has 1 aromatic rings. The van der Waals surface area contributed by atoms with Crippen molar-refractivity contribution in [3.63, 3.8) is 0 Å². The maximum Gasteiger partial charge on any atom is 0.244 e. The zero-order valence-electron chi connectivity index (χ0n) is 12.0. The summed E-state index contributed by atoms with van der Waals surface area (Å²) < 4.78 is 5.66. The van der Waals surface area contributed by atoms with Crippen LogP contribution in [0.2, 0.25) is 0 Å². The van der Waals surface area contributed by atoms with Crippen LogP contribution in [0.5, 0.6) is 5.75 Å². The topological polar surface area (TPSA) is 64.3 Å². The van der Waals surface area contributed by atoms with E-state index < -0.39 is 5.54 Å². The van der Waals surface area contributed by atoms with E-state index in [0.29, 0.717) is 12.5 Å². The molecule has 0 aliphatic heterocycles. The molecular formula is C15H23ClN2O2. The van der Waals surface area contributed by atoms with Gasteiger partial charge in [0.25, 0.3) is 0 Å². The Hall–Kier alpha value is -1.26. The van der Waals surface area contributed by atoms with E-state index in [1.165, 1.54) is 0 Å². The third-order valence-electron chi connectivity index (χ3n) is 3.30. The number of amides is 1. The Morgan fingerprint density at radius 3 is 2.75 bits per heavy atom. The Kier molecular flexibility index (Phi) is 5.84. The normalized spacial score (nSPS) is 15.4. The average molecular weight is 299 g/mol. The molecule has 1 saturated carbocycles. The zero-order chi connectivity index (χ0) is 13.9. The Labute approximate surface area is 126 Å². The summed E-state index contributed by atoms with van der Waals surface area (Å²) in [6.45, 7) is 5.02. The molecule has 0 aromatic heterocycles. The van der Waals surface area contributed by atoms with Gasteiger partial charge in [-0.15, -0.1) is 12.4 Å². The van der Waals surface area contributed by atoms with Gasteiger partial charge in [-0.2, -0.15) is 0 Å². The van der Waals surface area contributed by atoms with Gasteiger partial charge < -0.3 is 15.8 Å². The number of benzene rings is 1. The summed E-state index contributed by atoms with van der Waals surface area (Å²) in [5, 5.41) is 2.84. The molecule has 5 heteroatoms. The molecule has 1 aromatic carbocycles. The minimum Gasteiger partial charge on any atom is -0.494 e. The summed E-state index contributed by atoms with van der Waals surface area (Å²) in [4.78, 5) is 11.8. The molecule has 0 bridgehead atoms. The van der Waals surface area contributed by atoms with E-state index in [4.69, 9.17) is 10.5 Å². The number of nitrogens with two attached hydrogens (primary N) is 1. The molecule has 1 aliphatic rings. The predicted octanol–water partition coefficient (Wildman–Crippen LogP) is 2.96. The molecule has 0 spiro atoms. The molecule has 20 heavy (non-hydrogen) atoms. The summed E-state index contributed by atoms with van der Waals surface area (Å²) >= 11 is 0. The lowest BCUT2D eigenvalue weighted by atomic mass is 10.1. The van der Waals surface area contributed by atoms with E-state index in [1.54, 1.807) is 0 Å². The van der Waals surface area contributed by atoms with Crippen molar-refractivity contribution < 1.29 is 9.53 Å². The van der Waals surface area contributed by atoms with E-state index in [9.17, 15) is 4.79 Å². The van der Waals surface area contributed by atoms with Crippen molar-refractivity contribution in [3.05, 3.63) is 24.3 Å². The third-order valence-corrected chi connectivity index (χ3v) is 3.30. The van der Waals surface area contributed by atoms with Crippen molar-refractivity contribution in [2.45, 2.75) is 38.6 Å². The minimum atomic E-state index is -0.644. The number of halogens is 1. The molecule has 4 nitrogen and oxygen atoms in total. The van der Waals surface area contributed by atoms with Crippen molar-refractivity contribution in [2.75, 3.05) is 11.9 Å². The van der Waals surface area contributed by atoms with Crippen LogP contribution < -0.4 is 15.8 Å². The van der Waals surface area contributed by atoms with E-state index in [-0.39, 0.29) is 18.3 Å². The molecule has 0 radical (unpaired) electrons. The van der Waals surface area contributed by atoms with Crippen LogP contribution in [0.15, 0.2) is 24.3 Å². The van der Waals surface area contributed by atoms with E-state index in [0.717, 1.165) is 30.7 Å². The molecule has 112 valence electrons. The van der Waals surface area contributed by atoms with Gasteiger partial charge in [-0.25, -0.2) is 0 Å². The lowest BCUT2D eigenvalue weighted by Gasteiger charge is -2.12. The first kappa shape index (κ1) is 16.8. The largest absolute Gasteiger partial charge is 0.494 e. The number of anilines is 1. The average Bonchev–Trinajstić information content (AvgIpc) is 3.09. The fourth-order valence-corrected chi connectivity index (χ4v) is 1.69. The first-order valence-electron chi connectivity index (χ1n) is 6.83. The smallest absolute Gasteiger partial charge is 0.244 e. The maximum absolute atomic E-state index is 11.8. The van der Waals surface area contributed by atoms with E-state index in [1.807, 2.05) is 24.3 Å². The fraction of sp³-hybridized carbons (Fsp3) is 0.533. The number of hydrogen-bond donors (Lipinski definition) is 2. The Morgan fingerprint density at radius 2 is 2.15 bits per heavy atom. The van der Waals surface area contributed by atoms with Crippen molar-refractivity contribution in [2.24, 2.45) is 11.7 Å². The number of rotatable bonds is 6. The highest BCUT2D eigenvalue weighted by atomic mass is 35.5. The van der Waals surface area contributed by atoms with Crippen LogP contribution in [0.25, 0.3) is 0 Å². The van der Waals surface area contributed by atoms with Gasteiger partial charge in [0.1, 0.15) is 5.75 Å². The van der Waals surface area contributed by atoms with Crippen molar-refractivity contribution in [1.82, 2.24) is 0 Å². The Balaban J connectivity index is 0.00000200. The molecule has 2 rings (SSSR count). The molecule has 1 aliphatic carbocycles. The third kappa shape index (κ3) is 4.69. The highest BCUT2D eigenvalue weighted by molar-refractivity contribution is 6.00. The molecule has 0 heterocycles. The summed E-state index contributed by atoms with van der Waals surface area (Å²) in [6.07, 6.45) is 2.55. The molecule has 0 unspecified atom stereocenters. The number of carbonyl (C=O) groups is 1. The van der Waals surface area contributed by atoms with Gasteiger partial charge in [0, 0.05) is 11.8 Å². The number of carbonyl (C=O) groups excluding carboxylic acids is 1. The lowest BCUT2D eigenvalue weighted by molar-refractivity contribution is -0.118. The quantitative estimate of drug-likeness (QED) is 0.848. The van der Waals surface area contributed by atoms with Crippen LogP contribution in [0, 0.1) is 5.92 Å². The van der Waals surface area contributed by atoms with Crippen molar-refractivity contribution in [3.8, 4) is 5.75 Å².